The van der Waals surface area contributed by atoms with Gasteiger partial charge in [0.2, 0.25) is 37.8 Å². The van der Waals surface area contributed by atoms with Gasteiger partial charge in [-0.2, -0.15) is 0 Å². The second-order valence-corrected chi connectivity index (χ2v) is 15.9. The van der Waals surface area contributed by atoms with Gasteiger partial charge in [-0.15, -0.1) is 0 Å². The number of benzene rings is 2. The molecule has 0 spiro atoms. The number of carbonyl (C=O) groups is 5. The fraction of sp³-hybridized carbons (Fsp3) is 0.452. The van der Waals surface area contributed by atoms with Crippen molar-refractivity contribution in [1.82, 2.24) is 15.1 Å². The molecular formula is C31H46N8O11S2. The highest BCUT2D eigenvalue weighted by atomic mass is 32.2. The van der Waals surface area contributed by atoms with Crippen molar-refractivity contribution in [1.29, 1.82) is 0 Å². The number of rotatable bonds is 22. The molecule has 3 amide bonds. The second kappa shape index (κ2) is 18.9. The normalized spacial score (nSPS) is 13.3. The summed E-state index contributed by atoms with van der Waals surface area (Å²) in [5.74, 6) is -3.01. The van der Waals surface area contributed by atoms with Crippen LogP contribution < -0.4 is 32.0 Å². The Morgan fingerprint density at radius 3 is 1.54 bits per heavy atom. The molecular weight excluding hydrogens is 725 g/mol. The van der Waals surface area contributed by atoms with Crippen molar-refractivity contribution in [3.63, 3.8) is 0 Å². The summed E-state index contributed by atoms with van der Waals surface area (Å²) < 4.78 is 51.9. The molecule has 0 radical (unpaired) electrons. The van der Waals surface area contributed by atoms with Crippen LogP contribution in [0.25, 0.3) is 0 Å². The van der Waals surface area contributed by atoms with Gasteiger partial charge in [-0.05, 0) is 75.7 Å². The SMILES string of the molecule is CC(C)(COC(C)(N)CCC=O)NC(=O)CN(CCN(CC(=O)O)CC(=O)Nc1ccc(S(N)(=O)=O)cc1)CC(=O)Nc1ccc(S(N)(=O)=O)cc1. The van der Waals surface area contributed by atoms with Gasteiger partial charge in [-0.3, -0.25) is 29.0 Å². The molecule has 21 heteroatoms. The molecule has 2 rings (SSSR count). The molecule has 0 aromatic heterocycles. The lowest BCUT2D eigenvalue weighted by atomic mass is 10.1. The predicted octanol–water partition coefficient (Wildman–Crippen LogP) is -1.19. The maximum Gasteiger partial charge on any atom is 0.317 e. The Bertz CT molecular complexity index is 1790. The highest BCUT2D eigenvalue weighted by Crippen LogP contribution is 2.16. The summed E-state index contributed by atoms with van der Waals surface area (Å²) in [6.07, 6.45) is 1.15. The van der Waals surface area contributed by atoms with E-state index in [-0.39, 0.29) is 66.8 Å². The topological polar surface area (TPSA) is 304 Å². The number of aldehydes is 1. The highest BCUT2D eigenvalue weighted by molar-refractivity contribution is 7.89. The number of amides is 3. The van der Waals surface area contributed by atoms with Crippen LogP contribution in [0.4, 0.5) is 11.4 Å². The minimum atomic E-state index is -3.97. The fourth-order valence-corrected chi connectivity index (χ4v) is 5.62. The van der Waals surface area contributed by atoms with Crippen LogP contribution in [-0.2, 0) is 48.8 Å². The van der Waals surface area contributed by atoms with Gasteiger partial charge in [-0.1, -0.05) is 0 Å². The highest BCUT2D eigenvalue weighted by Gasteiger charge is 2.28. The number of nitrogens with two attached hydrogens (primary N) is 3. The lowest BCUT2D eigenvalue weighted by Crippen LogP contribution is -2.54. The van der Waals surface area contributed by atoms with E-state index in [1.54, 1.807) is 20.8 Å². The van der Waals surface area contributed by atoms with Gasteiger partial charge >= 0.3 is 5.97 Å². The van der Waals surface area contributed by atoms with E-state index in [1.165, 1.54) is 58.3 Å². The summed E-state index contributed by atoms with van der Waals surface area (Å²) >= 11 is 0. The number of ether oxygens (including phenoxy) is 1. The van der Waals surface area contributed by atoms with E-state index < -0.39 is 68.1 Å². The zero-order valence-corrected chi connectivity index (χ0v) is 30.7. The minimum absolute atomic E-state index is 0.0220. The number of hydrogen-bond acceptors (Lipinski definition) is 13. The Morgan fingerprint density at radius 1 is 0.750 bits per heavy atom. The summed E-state index contributed by atoms with van der Waals surface area (Å²) in [4.78, 5) is 63.8. The molecule has 0 bridgehead atoms. The van der Waals surface area contributed by atoms with Crippen molar-refractivity contribution >= 4 is 61.4 Å². The number of carbonyl (C=O) groups excluding carboxylic acids is 4. The average molecular weight is 771 g/mol. The first-order valence-corrected chi connectivity index (χ1v) is 18.8. The Balaban J connectivity index is 2.18. The van der Waals surface area contributed by atoms with E-state index >= 15 is 0 Å². The first-order chi connectivity index (χ1) is 24.0. The van der Waals surface area contributed by atoms with Crippen molar-refractivity contribution in [3.8, 4) is 0 Å². The largest absolute Gasteiger partial charge is 0.480 e. The number of carboxylic acid groups (broad SMARTS) is 1. The molecule has 19 nitrogen and oxygen atoms in total. The second-order valence-electron chi connectivity index (χ2n) is 12.8. The van der Waals surface area contributed by atoms with Gasteiger partial charge in [0, 0.05) is 30.9 Å². The molecule has 2 aromatic rings. The van der Waals surface area contributed by atoms with Gasteiger partial charge in [0.05, 0.1) is 48.1 Å². The molecule has 52 heavy (non-hydrogen) atoms. The van der Waals surface area contributed by atoms with Gasteiger partial charge in [0.25, 0.3) is 0 Å². The Hall–Kier alpha value is -4.35. The van der Waals surface area contributed by atoms with E-state index in [0.29, 0.717) is 6.29 Å². The summed E-state index contributed by atoms with van der Waals surface area (Å²) in [6, 6.07) is 10.1. The third kappa shape index (κ3) is 16.8. The molecule has 0 aliphatic carbocycles. The quantitative estimate of drug-likeness (QED) is 0.0548. The number of sulfonamides is 2. The smallest absolute Gasteiger partial charge is 0.317 e. The van der Waals surface area contributed by atoms with Crippen molar-refractivity contribution < 1.29 is 50.7 Å². The van der Waals surface area contributed by atoms with Crippen molar-refractivity contribution in [2.45, 2.75) is 54.7 Å². The first-order valence-electron chi connectivity index (χ1n) is 15.7. The van der Waals surface area contributed by atoms with Gasteiger partial charge in [0.1, 0.15) is 12.0 Å². The molecule has 0 aliphatic heterocycles. The van der Waals surface area contributed by atoms with Gasteiger partial charge in [-0.25, -0.2) is 27.1 Å². The molecule has 0 aliphatic rings. The zero-order chi connectivity index (χ0) is 39.3. The summed E-state index contributed by atoms with van der Waals surface area (Å²) in [5, 5.41) is 27.7. The third-order valence-electron chi connectivity index (χ3n) is 7.13. The van der Waals surface area contributed by atoms with Crippen LogP contribution in [0.1, 0.15) is 33.6 Å². The Morgan fingerprint density at radius 2 is 1.15 bits per heavy atom. The average Bonchev–Trinajstić information content (AvgIpc) is 3.01. The summed E-state index contributed by atoms with van der Waals surface area (Å²) in [5.41, 5.74) is 4.47. The van der Waals surface area contributed by atoms with E-state index in [9.17, 15) is 45.9 Å². The molecule has 0 heterocycles. The fourth-order valence-electron chi connectivity index (χ4n) is 4.58. The maximum absolute atomic E-state index is 13.2. The molecule has 0 saturated heterocycles. The lowest BCUT2D eigenvalue weighted by Gasteiger charge is -2.33. The van der Waals surface area contributed by atoms with Crippen LogP contribution in [0.5, 0.6) is 0 Å². The monoisotopic (exact) mass is 770 g/mol. The number of nitrogens with zero attached hydrogens (tertiary/aromatic N) is 2. The predicted molar refractivity (Wildman–Crippen MR) is 189 cm³/mol. The third-order valence-corrected chi connectivity index (χ3v) is 8.98. The van der Waals surface area contributed by atoms with E-state index in [0.717, 1.165) is 0 Å². The first kappa shape index (κ1) is 43.8. The van der Waals surface area contributed by atoms with Crippen LogP contribution in [0, 0.1) is 0 Å². The van der Waals surface area contributed by atoms with Crippen LogP contribution in [0.3, 0.4) is 0 Å². The van der Waals surface area contributed by atoms with Crippen LogP contribution in [0.2, 0.25) is 0 Å². The zero-order valence-electron chi connectivity index (χ0n) is 29.0. The number of carboxylic acids is 1. The molecule has 10 N–H and O–H groups in total. The van der Waals surface area contributed by atoms with E-state index in [1.807, 2.05) is 0 Å². The minimum Gasteiger partial charge on any atom is -0.480 e. The summed E-state index contributed by atoms with van der Waals surface area (Å²) in [7, 11) is -7.92. The Labute approximate surface area is 302 Å². The number of nitrogens with one attached hydrogen (secondary N) is 3. The number of anilines is 2. The van der Waals surface area contributed by atoms with Crippen LogP contribution >= 0.6 is 0 Å². The van der Waals surface area contributed by atoms with Gasteiger partial charge in [0.15, 0.2) is 0 Å². The molecule has 288 valence electrons. The Kier molecular flexibility index (Phi) is 16.0. The molecule has 0 fully saturated rings. The standard InChI is InChI=1S/C31H46N8O11S2/c1-30(2,21-50-31(3,32)13-4-16-40)37-28(43)19-38(17-26(41)35-22-5-9-24(10-6-22)51(33,46)47)14-15-39(20-29(44)45)18-27(42)36-23-7-11-25(12-8-23)52(34,48)49/h5-12,16H,4,13-15,17-21,32H2,1-3H3,(H,35,41)(H,36,42)(H,37,43)(H,44,45)(H2,33,46,47)(H2,34,48,49). The van der Waals surface area contributed by atoms with E-state index in [2.05, 4.69) is 16.0 Å². The molecule has 1 atom stereocenters. The summed E-state index contributed by atoms with van der Waals surface area (Å²) in [6.45, 7) is 3.05. The van der Waals surface area contributed by atoms with E-state index in [4.69, 9.17) is 20.7 Å². The van der Waals surface area contributed by atoms with Crippen LogP contribution in [0.15, 0.2) is 58.3 Å². The molecule has 1 unspecified atom stereocenters. The van der Waals surface area contributed by atoms with Crippen molar-refractivity contribution in [2.24, 2.45) is 16.0 Å². The van der Waals surface area contributed by atoms with Gasteiger partial charge < -0.3 is 36.3 Å². The lowest BCUT2D eigenvalue weighted by molar-refractivity contribution is -0.139. The molecule has 2 aromatic carbocycles. The number of primary sulfonamides is 2. The molecule has 0 saturated carbocycles. The van der Waals surface area contributed by atoms with Crippen molar-refractivity contribution in [3.05, 3.63) is 48.5 Å². The maximum atomic E-state index is 13.2. The number of aliphatic carboxylic acids is 1. The van der Waals surface area contributed by atoms with Crippen LogP contribution in [-0.4, -0.2) is 119 Å². The van der Waals surface area contributed by atoms with Crippen molar-refractivity contribution in [2.75, 3.05) is 56.5 Å². The number of hydrogen-bond donors (Lipinski definition) is 7.